The summed E-state index contributed by atoms with van der Waals surface area (Å²) in [5.74, 6) is 0.500. The molecule has 0 saturated heterocycles. The van der Waals surface area contributed by atoms with Crippen molar-refractivity contribution in [1.29, 1.82) is 0 Å². The van der Waals surface area contributed by atoms with Gasteiger partial charge in [0, 0.05) is 12.1 Å². The molecule has 1 aliphatic carbocycles. The predicted octanol–water partition coefficient (Wildman–Crippen LogP) is 2.24. The maximum absolute atomic E-state index is 11.5. The normalized spacial score (nSPS) is 15.6. The monoisotopic (exact) mass is 254 g/mol. The van der Waals surface area contributed by atoms with Crippen molar-refractivity contribution in [1.82, 2.24) is 9.97 Å². The largest absolute Gasteiger partial charge is 0.291 e. The van der Waals surface area contributed by atoms with Crippen LogP contribution in [0.5, 0.6) is 0 Å². The Bertz CT molecular complexity index is 374. The maximum atomic E-state index is 11.5. The summed E-state index contributed by atoms with van der Waals surface area (Å²) in [5.41, 5.74) is 2.34. The quantitative estimate of drug-likeness (QED) is 0.614. The minimum Gasteiger partial charge on any atom is -0.291 e. The molecule has 4 heteroatoms. The van der Waals surface area contributed by atoms with Gasteiger partial charge in [-0.25, -0.2) is 4.98 Å². The second-order valence-electron chi connectivity index (χ2n) is 3.58. The predicted molar refractivity (Wildman–Crippen MR) is 56.9 cm³/mol. The average molecular weight is 255 g/mol. The first-order valence-electron chi connectivity index (χ1n) is 4.65. The van der Waals surface area contributed by atoms with Crippen LogP contribution in [0.1, 0.15) is 40.6 Å². The highest BCUT2D eigenvalue weighted by Crippen LogP contribution is 2.40. The van der Waals surface area contributed by atoms with E-state index in [0.717, 1.165) is 24.2 Å². The Labute approximate surface area is 91.1 Å². The van der Waals surface area contributed by atoms with Crippen molar-refractivity contribution in [3.63, 3.8) is 0 Å². The van der Waals surface area contributed by atoms with Crippen molar-refractivity contribution in [3.8, 4) is 0 Å². The van der Waals surface area contributed by atoms with Crippen LogP contribution in [0.25, 0.3) is 0 Å². The number of aromatic nitrogens is 2. The highest BCUT2D eigenvalue weighted by molar-refractivity contribution is 9.09. The van der Waals surface area contributed by atoms with Gasteiger partial charge in [0.25, 0.3) is 0 Å². The van der Waals surface area contributed by atoms with E-state index in [1.807, 2.05) is 6.92 Å². The third kappa shape index (κ3) is 1.85. The van der Waals surface area contributed by atoms with E-state index in [1.54, 1.807) is 6.20 Å². The Hall–Kier alpha value is -0.770. The minimum absolute atomic E-state index is 0.0272. The van der Waals surface area contributed by atoms with E-state index in [1.165, 1.54) is 0 Å². The van der Waals surface area contributed by atoms with Gasteiger partial charge in [-0.1, -0.05) is 15.9 Å². The standard InChI is InChI=1S/C10H11BrN2O/c1-6-5-12-10(8(14)4-11)9(13-6)7-2-3-7/h5,7H,2-4H2,1H3. The van der Waals surface area contributed by atoms with Crippen LogP contribution in [0.15, 0.2) is 6.20 Å². The van der Waals surface area contributed by atoms with Gasteiger partial charge in [-0.15, -0.1) is 0 Å². The minimum atomic E-state index is 0.0272. The molecule has 1 heterocycles. The third-order valence-electron chi connectivity index (χ3n) is 2.27. The third-order valence-corrected chi connectivity index (χ3v) is 2.78. The van der Waals surface area contributed by atoms with E-state index >= 15 is 0 Å². The van der Waals surface area contributed by atoms with Gasteiger partial charge in [0.15, 0.2) is 5.78 Å². The Kier molecular flexibility index (Phi) is 2.63. The molecule has 0 N–H and O–H groups in total. The van der Waals surface area contributed by atoms with Crippen LogP contribution in [0.2, 0.25) is 0 Å². The van der Waals surface area contributed by atoms with Crippen molar-refractivity contribution >= 4 is 21.7 Å². The van der Waals surface area contributed by atoms with Gasteiger partial charge in [0.2, 0.25) is 0 Å². The van der Waals surface area contributed by atoms with E-state index in [9.17, 15) is 4.79 Å². The van der Waals surface area contributed by atoms with Gasteiger partial charge in [0.05, 0.1) is 16.7 Å². The van der Waals surface area contributed by atoms with E-state index in [2.05, 4.69) is 25.9 Å². The second-order valence-corrected chi connectivity index (χ2v) is 4.14. The molecule has 14 heavy (non-hydrogen) atoms. The van der Waals surface area contributed by atoms with Crippen LogP contribution >= 0.6 is 15.9 Å². The number of nitrogens with zero attached hydrogens (tertiary/aromatic N) is 2. The van der Waals surface area contributed by atoms with Crippen molar-refractivity contribution in [2.75, 3.05) is 5.33 Å². The fraction of sp³-hybridized carbons (Fsp3) is 0.500. The first-order valence-corrected chi connectivity index (χ1v) is 5.77. The molecule has 1 fully saturated rings. The highest BCUT2D eigenvalue weighted by atomic mass is 79.9. The number of hydrogen-bond donors (Lipinski definition) is 0. The number of carbonyl (C=O) groups excluding carboxylic acids is 1. The first-order chi connectivity index (χ1) is 6.72. The van der Waals surface area contributed by atoms with E-state index in [4.69, 9.17) is 0 Å². The molecule has 0 spiro atoms. The molecule has 1 saturated carbocycles. The topological polar surface area (TPSA) is 42.9 Å². The molecule has 0 atom stereocenters. The molecular formula is C10H11BrN2O. The number of rotatable bonds is 3. The van der Waals surface area contributed by atoms with Gasteiger partial charge >= 0.3 is 0 Å². The van der Waals surface area contributed by atoms with Crippen LogP contribution < -0.4 is 0 Å². The molecule has 1 aromatic heterocycles. The van der Waals surface area contributed by atoms with Gasteiger partial charge in [0.1, 0.15) is 5.69 Å². The molecule has 0 bridgehead atoms. The summed E-state index contributed by atoms with van der Waals surface area (Å²) in [6.45, 7) is 1.90. The molecule has 0 aliphatic heterocycles. The van der Waals surface area contributed by atoms with Crippen molar-refractivity contribution in [2.24, 2.45) is 0 Å². The molecular weight excluding hydrogens is 244 g/mol. The Morgan fingerprint density at radius 2 is 2.36 bits per heavy atom. The van der Waals surface area contributed by atoms with Crippen LogP contribution in [0.4, 0.5) is 0 Å². The smallest absolute Gasteiger partial charge is 0.193 e. The lowest BCUT2D eigenvalue weighted by Gasteiger charge is -2.04. The summed E-state index contributed by atoms with van der Waals surface area (Å²) in [5, 5.41) is 0.324. The molecule has 0 unspecified atom stereocenters. The number of carbonyl (C=O) groups is 1. The lowest BCUT2D eigenvalue weighted by molar-refractivity contribution is 0.101. The fourth-order valence-corrected chi connectivity index (χ4v) is 1.68. The van der Waals surface area contributed by atoms with Gasteiger partial charge in [-0.05, 0) is 19.8 Å². The lowest BCUT2D eigenvalue weighted by Crippen LogP contribution is -2.10. The summed E-state index contributed by atoms with van der Waals surface area (Å²) in [6, 6.07) is 0. The number of alkyl halides is 1. The summed E-state index contributed by atoms with van der Waals surface area (Å²) in [4.78, 5) is 20.1. The van der Waals surface area contributed by atoms with Crippen LogP contribution in [0.3, 0.4) is 0 Å². The maximum Gasteiger partial charge on any atom is 0.193 e. The molecule has 1 aliphatic rings. The summed E-state index contributed by atoms with van der Waals surface area (Å²) >= 11 is 3.16. The average Bonchev–Trinajstić information content (AvgIpc) is 3.00. The first kappa shape index (κ1) is 9.77. The number of hydrogen-bond acceptors (Lipinski definition) is 3. The Morgan fingerprint density at radius 3 is 2.93 bits per heavy atom. The zero-order valence-corrected chi connectivity index (χ0v) is 9.54. The summed E-state index contributed by atoms with van der Waals surface area (Å²) in [6.07, 6.45) is 3.93. The molecule has 74 valence electrons. The van der Waals surface area contributed by atoms with Crippen molar-refractivity contribution < 1.29 is 4.79 Å². The molecule has 1 aromatic rings. The van der Waals surface area contributed by atoms with Crippen molar-refractivity contribution in [3.05, 3.63) is 23.3 Å². The summed E-state index contributed by atoms with van der Waals surface area (Å²) in [7, 11) is 0. The highest BCUT2D eigenvalue weighted by Gasteiger charge is 2.30. The molecule has 3 nitrogen and oxygen atoms in total. The van der Waals surface area contributed by atoms with Gasteiger partial charge in [-0.3, -0.25) is 9.78 Å². The second kappa shape index (κ2) is 3.77. The molecule has 0 aromatic carbocycles. The summed E-state index contributed by atoms with van der Waals surface area (Å²) < 4.78 is 0. The molecule has 0 radical (unpaired) electrons. The molecule has 0 amide bonds. The zero-order valence-electron chi connectivity index (χ0n) is 7.96. The SMILES string of the molecule is Cc1cnc(C(=O)CBr)c(C2CC2)n1. The van der Waals surface area contributed by atoms with E-state index in [0.29, 0.717) is 16.9 Å². The number of ketones is 1. The Morgan fingerprint density at radius 1 is 1.64 bits per heavy atom. The van der Waals surface area contributed by atoms with Crippen LogP contribution in [0, 0.1) is 6.92 Å². The lowest BCUT2D eigenvalue weighted by atomic mass is 10.1. The molecule has 2 rings (SSSR count). The number of Topliss-reactive ketones (excluding diaryl/α,β-unsaturated/α-hetero) is 1. The van der Waals surface area contributed by atoms with E-state index in [-0.39, 0.29) is 5.78 Å². The number of aryl methyl sites for hydroxylation is 1. The number of halogens is 1. The Balaban J connectivity index is 2.42. The van der Waals surface area contributed by atoms with E-state index < -0.39 is 0 Å². The fourth-order valence-electron chi connectivity index (χ4n) is 1.42. The van der Waals surface area contributed by atoms with Crippen LogP contribution in [-0.4, -0.2) is 21.1 Å². The van der Waals surface area contributed by atoms with Crippen molar-refractivity contribution in [2.45, 2.75) is 25.7 Å². The van der Waals surface area contributed by atoms with Gasteiger partial charge in [-0.2, -0.15) is 0 Å². The van der Waals surface area contributed by atoms with Crippen LogP contribution in [-0.2, 0) is 0 Å². The van der Waals surface area contributed by atoms with Gasteiger partial charge < -0.3 is 0 Å². The zero-order chi connectivity index (χ0) is 10.1.